The van der Waals surface area contributed by atoms with E-state index in [1.807, 2.05) is 19.1 Å². The van der Waals surface area contributed by atoms with Crippen LogP contribution >= 0.6 is 23.4 Å². The molecule has 2 aromatic carbocycles. The SMILES string of the molecule is Cc1ccc(NC(=O)CSC(C)C(=O)Nc2ccc(OC(F)F)c(Cl)c2)cc1. The Morgan fingerprint density at radius 2 is 1.75 bits per heavy atom. The molecule has 5 nitrogen and oxygen atoms in total. The van der Waals surface area contributed by atoms with Crippen LogP contribution in [0.5, 0.6) is 5.75 Å². The average Bonchev–Trinajstić information content (AvgIpc) is 2.63. The fourth-order valence-electron chi connectivity index (χ4n) is 2.12. The monoisotopic (exact) mass is 428 g/mol. The Morgan fingerprint density at radius 1 is 1.11 bits per heavy atom. The topological polar surface area (TPSA) is 67.4 Å². The van der Waals surface area contributed by atoms with Gasteiger partial charge in [-0.1, -0.05) is 29.3 Å². The number of anilines is 2. The molecule has 9 heteroatoms. The lowest BCUT2D eigenvalue weighted by atomic mass is 10.2. The molecule has 0 saturated heterocycles. The molecule has 2 amide bonds. The molecule has 0 bridgehead atoms. The van der Waals surface area contributed by atoms with E-state index in [1.165, 1.54) is 30.0 Å². The zero-order valence-electron chi connectivity index (χ0n) is 15.2. The maximum absolute atomic E-state index is 12.2. The summed E-state index contributed by atoms with van der Waals surface area (Å²) in [5.74, 6) is -0.633. The van der Waals surface area contributed by atoms with Crippen LogP contribution in [0.25, 0.3) is 0 Å². The number of hydrogen-bond donors (Lipinski definition) is 2. The summed E-state index contributed by atoms with van der Waals surface area (Å²) in [5, 5.41) is 4.82. The zero-order chi connectivity index (χ0) is 20.7. The van der Waals surface area contributed by atoms with Gasteiger partial charge in [-0.05, 0) is 44.2 Å². The van der Waals surface area contributed by atoms with Crippen LogP contribution in [0, 0.1) is 6.92 Å². The number of rotatable bonds is 8. The van der Waals surface area contributed by atoms with Gasteiger partial charge in [0, 0.05) is 11.4 Å². The molecule has 1 atom stereocenters. The van der Waals surface area contributed by atoms with Crippen molar-refractivity contribution in [1.29, 1.82) is 0 Å². The third kappa shape index (κ3) is 7.01. The molecule has 28 heavy (non-hydrogen) atoms. The number of alkyl halides is 2. The van der Waals surface area contributed by atoms with Gasteiger partial charge in [-0.15, -0.1) is 11.8 Å². The van der Waals surface area contributed by atoms with Crippen LogP contribution in [0.1, 0.15) is 12.5 Å². The number of nitrogens with one attached hydrogen (secondary N) is 2. The van der Waals surface area contributed by atoms with Crippen molar-refractivity contribution in [3.8, 4) is 5.75 Å². The van der Waals surface area contributed by atoms with Gasteiger partial charge in [-0.25, -0.2) is 0 Å². The van der Waals surface area contributed by atoms with E-state index in [0.717, 1.165) is 5.56 Å². The fourth-order valence-corrected chi connectivity index (χ4v) is 3.03. The molecule has 0 aliphatic heterocycles. The number of benzene rings is 2. The van der Waals surface area contributed by atoms with Gasteiger partial charge in [0.2, 0.25) is 11.8 Å². The van der Waals surface area contributed by atoms with Crippen molar-refractivity contribution in [1.82, 2.24) is 0 Å². The predicted octanol–water partition coefficient (Wildman–Crippen LogP) is 4.95. The Hall–Kier alpha value is -2.32. The lowest BCUT2D eigenvalue weighted by Crippen LogP contribution is -2.25. The number of thioether (sulfide) groups is 1. The number of carbonyl (C=O) groups is 2. The summed E-state index contributed by atoms with van der Waals surface area (Å²) >= 11 is 7.03. The Morgan fingerprint density at radius 3 is 2.36 bits per heavy atom. The van der Waals surface area contributed by atoms with Crippen LogP contribution < -0.4 is 15.4 Å². The molecule has 0 aliphatic rings. The normalized spacial score (nSPS) is 11.8. The largest absolute Gasteiger partial charge is 0.433 e. The molecule has 0 fully saturated rings. The first-order valence-electron chi connectivity index (χ1n) is 8.28. The highest BCUT2D eigenvalue weighted by Crippen LogP contribution is 2.29. The van der Waals surface area contributed by atoms with Crippen LogP contribution in [0.4, 0.5) is 20.2 Å². The van der Waals surface area contributed by atoms with E-state index >= 15 is 0 Å². The fraction of sp³-hybridized carbons (Fsp3) is 0.263. The second kappa shape index (κ2) is 10.3. The van der Waals surface area contributed by atoms with Gasteiger partial charge in [-0.2, -0.15) is 8.78 Å². The number of halogens is 3. The standard InChI is InChI=1S/C19H19ClF2N2O3S/c1-11-3-5-13(6-4-11)23-17(25)10-28-12(2)18(26)24-14-7-8-16(15(20)9-14)27-19(21)22/h3-9,12,19H,10H2,1-2H3,(H,23,25)(H,24,26). The van der Waals surface area contributed by atoms with Gasteiger partial charge in [0.25, 0.3) is 0 Å². The van der Waals surface area contributed by atoms with E-state index in [2.05, 4.69) is 15.4 Å². The molecule has 0 radical (unpaired) electrons. The Balaban J connectivity index is 1.82. The molecule has 2 aromatic rings. The summed E-state index contributed by atoms with van der Waals surface area (Å²) in [6.07, 6.45) is 0. The van der Waals surface area contributed by atoms with Crippen molar-refractivity contribution in [2.45, 2.75) is 25.7 Å². The Bertz CT molecular complexity index is 834. The predicted molar refractivity (Wildman–Crippen MR) is 108 cm³/mol. The van der Waals surface area contributed by atoms with Gasteiger partial charge < -0.3 is 15.4 Å². The molecule has 0 aromatic heterocycles. The van der Waals surface area contributed by atoms with Crippen molar-refractivity contribution < 1.29 is 23.1 Å². The molecular weight excluding hydrogens is 410 g/mol. The summed E-state index contributed by atoms with van der Waals surface area (Å²) in [6, 6.07) is 11.4. The average molecular weight is 429 g/mol. The van der Waals surface area contributed by atoms with E-state index < -0.39 is 11.9 Å². The third-order valence-electron chi connectivity index (χ3n) is 3.58. The Kier molecular flexibility index (Phi) is 8.07. The van der Waals surface area contributed by atoms with E-state index in [0.29, 0.717) is 11.4 Å². The smallest absolute Gasteiger partial charge is 0.387 e. The summed E-state index contributed by atoms with van der Waals surface area (Å²) in [7, 11) is 0. The number of hydrogen-bond acceptors (Lipinski definition) is 4. The molecule has 0 aliphatic carbocycles. The molecule has 0 heterocycles. The molecule has 2 rings (SSSR count). The van der Waals surface area contributed by atoms with Crippen LogP contribution in [0.3, 0.4) is 0 Å². The second-order valence-electron chi connectivity index (χ2n) is 5.88. The Labute approximate surface area is 170 Å². The van der Waals surface area contributed by atoms with E-state index in [9.17, 15) is 18.4 Å². The molecule has 0 spiro atoms. The summed E-state index contributed by atoms with van der Waals surface area (Å²) in [6.45, 7) is 0.629. The van der Waals surface area contributed by atoms with E-state index in [1.54, 1.807) is 19.1 Å². The minimum Gasteiger partial charge on any atom is -0.433 e. The zero-order valence-corrected chi connectivity index (χ0v) is 16.7. The maximum Gasteiger partial charge on any atom is 0.387 e. The summed E-state index contributed by atoms with van der Waals surface area (Å²) in [5.41, 5.74) is 2.12. The summed E-state index contributed by atoms with van der Waals surface area (Å²) < 4.78 is 28.7. The van der Waals surface area contributed by atoms with Crippen molar-refractivity contribution in [3.63, 3.8) is 0 Å². The van der Waals surface area contributed by atoms with Crippen molar-refractivity contribution in [2.75, 3.05) is 16.4 Å². The first-order valence-corrected chi connectivity index (χ1v) is 9.70. The highest BCUT2D eigenvalue weighted by Gasteiger charge is 2.17. The van der Waals surface area contributed by atoms with Crippen molar-refractivity contribution >= 4 is 46.6 Å². The van der Waals surface area contributed by atoms with Gasteiger partial charge in [-0.3, -0.25) is 9.59 Å². The van der Waals surface area contributed by atoms with Crippen LogP contribution in [-0.4, -0.2) is 29.4 Å². The molecule has 2 N–H and O–H groups in total. The van der Waals surface area contributed by atoms with E-state index in [4.69, 9.17) is 11.6 Å². The maximum atomic E-state index is 12.2. The van der Waals surface area contributed by atoms with Gasteiger partial charge in [0.1, 0.15) is 5.75 Å². The quantitative estimate of drug-likeness (QED) is 0.624. The van der Waals surface area contributed by atoms with Crippen LogP contribution in [0.15, 0.2) is 42.5 Å². The third-order valence-corrected chi connectivity index (χ3v) is 5.02. The van der Waals surface area contributed by atoms with Crippen molar-refractivity contribution in [2.24, 2.45) is 0 Å². The molecule has 0 saturated carbocycles. The second-order valence-corrected chi connectivity index (χ2v) is 7.62. The highest BCUT2D eigenvalue weighted by atomic mass is 35.5. The van der Waals surface area contributed by atoms with Gasteiger partial charge >= 0.3 is 6.61 Å². The van der Waals surface area contributed by atoms with Crippen molar-refractivity contribution in [3.05, 3.63) is 53.1 Å². The lowest BCUT2D eigenvalue weighted by molar-refractivity contribution is -0.115. The van der Waals surface area contributed by atoms with Gasteiger partial charge in [0.05, 0.1) is 16.0 Å². The molecule has 1 unspecified atom stereocenters. The number of aryl methyl sites for hydroxylation is 1. The number of ether oxygens (including phenoxy) is 1. The molecular formula is C19H19ClF2N2O3S. The first kappa shape index (κ1) is 22.0. The van der Waals surface area contributed by atoms with Crippen LogP contribution in [-0.2, 0) is 9.59 Å². The lowest BCUT2D eigenvalue weighted by Gasteiger charge is -2.13. The first-order chi connectivity index (χ1) is 13.2. The molecule has 150 valence electrons. The number of amides is 2. The summed E-state index contributed by atoms with van der Waals surface area (Å²) in [4.78, 5) is 24.2. The van der Waals surface area contributed by atoms with Crippen LogP contribution in [0.2, 0.25) is 5.02 Å². The highest BCUT2D eigenvalue weighted by molar-refractivity contribution is 8.01. The number of carbonyl (C=O) groups excluding carboxylic acids is 2. The van der Waals surface area contributed by atoms with Gasteiger partial charge in [0.15, 0.2) is 0 Å². The minimum atomic E-state index is -2.99. The van der Waals surface area contributed by atoms with E-state index in [-0.39, 0.29) is 28.3 Å². The minimum absolute atomic E-state index is 0.0455.